The van der Waals surface area contributed by atoms with Crippen molar-refractivity contribution in [2.75, 3.05) is 14.2 Å². The Morgan fingerprint density at radius 1 is 1.29 bits per heavy atom. The fraction of sp³-hybridized carbons (Fsp3) is 0.333. The first-order valence-corrected chi connectivity index (χ1v) is 4.21. The molecule has 2 N–H and O–H groups in total. The summed E-state index contributed by atoms with van der Waals surface area (Å²) in [6, 6.07) is 5.08. The molecule has 4 nitrogen and oxygen atoms in total. The minimum atomic E-state index is -1.50. The van der Waals surface area contributed by atoms with E-state index in [0.717, 1.165) is 5.56 Å². The third kappa shape index (κ3) is 2.48. The molecule has 0 spiro atoms. The van der Waals surface area contributed by atoms with E-state index in [1.165, 1.54) is 7.11 Å². The number of hydrogen-bond donors (Lipinski definition) is 2. The molecular weight excluding hydrogens is 183 g/mol. The van der Waals surface area contributed by atoms with Crippen LogP contribution < -0.4 is 10.2 Å². The second-order valence-corrected chi connectivity index (χ2v) is 2.87. The molecule has 76 valence electrons. The van der Waals surface area contributed by atoms with Crippen molar-refractivity contribution in [1.29, 1.82) is 0 Å². The van der Waals surface area contributed by atoms with Crippen LogP contribution in [-0.4, -0.2) is 31.4 Å². The Balaban J connectivity index is 3.03. The van der Waals surface area contributed by atoms with Gasteiger partial charge in [-0.2, -0.15) is 0 Å². The Labute approximate surface area is 83.2 Å². The molecular formula is C9H13BO4. The van der Waals surface area contributed by atoms with Crippen LogP contribution in [-0.2, 0) is 11.3 Å². The molecule has 1 aromatic rings. The standard InChI is InChI=1S/C9H13BO4/c1-13-6-7-3-4-8(14-2)5-9(7)10(11)12/h3-5,11-12H,6H2,1-2H3. The van der Waals surface area contributed by atoms with E-state index in [4.69, 9.17) is 19.5 Å². The minimum absolute atomic E-state index is 0.344. The Morgan fingerprint density at radius 2 is 2.00 bits per heavy atom. The van der Waals surface area contributed by atoms with E-state index in [1.54, 1.807) is 25.3 Å². The highest BCUT2D eigenvalue weighted by molar-refractivity contribution is 6.59. The summed E-state index contributed by atoms with van der Waals surface area (Å²) < 4.78 is 9.90. The van der Waals surface area contributed by atoms with Crippen LogP contribution in [0.3, 0.4) is 0 Å². The van der Waals surface area contributed by atoms with Crippen LogP contribution in [0.2, 0.25) is 0 Å². The zero-order chi connectivity index (χ0) is 10.6. The summed E-state index contributed by atoms with van der Waals surface area (Å²) >= 11 is 0. The molecule has 14 heavy (non-hydrogen) atoms. The first kappa shape index (κ1) is 11.0. The van der Waals surface area contributed by atoms with Crippen molar-refractivity contribution in [1.82, 2.24) is 0 Å². The molecule has 0 atom stereocenters. The summed E-state index contributed by atoms with van der Waals surface area (Å²) in [5, 5.41) is 18.2. The van der Waals surface area contributed by atoms with Crippen molar-refractivity contribution in [3.63, 3.8) is 0 Å². The summed E-state index contributed by atoms with van der Waals surface area (Å²) in [4.78, 5) is 0. The van der Waals surface area contributed by atoms with Crippen LogP contribution in [0.5, 0.6) is 5.75 Å². The van der Waals surface area contributed by atoms with E-state index in [1.807, 2.05) is 0 Å². The molecule has 0 bridgehead atoms. The van der Waals surface area contributed by atoms with Gasteiger partial charge in [0.25, 0.3) is 0 Å². The summed E-state index contributed by atoms with van der Waals surface area (Å²) in [5.41, 5.74) is 1.15. The zero-order valence-electron chi connectivity index (χ0n) is 8.23. The first-order chi connectivity index (χ1) is 6.69. The van der Waals surface area contributed by atoms with E-state index in [-0.39, 0.29) is 0 Å². The molecule has 5 heteroatoms. The van der Waals surface area contributed by atoms with Gasteiger partial charge in [0.15, 0.2) is 0 Å². The highest BCUT2D eigenvalue weighted by atomic mass is 16.5. The quantitative estimate of drug-likeness (QED) is 0.638. The van der Waals surface area contributed by atoms with Gasteiger partial charge in [0.2, 0.25) is 0 Å². The number of hydrogen-bond acceptors (Lipinski definition) is 4. The average Bonchev–Trinajstić information content (AvgIpc) is 2.18. The molecule has 0 heterocycles. The lowest BCUT2D eigenvalue weighted by atomic mass is 9.77. The maximum atomic E-state index is 9.10. The second-order valence-electron chi connectivity index (χ2n) is 2.87. The van der Waals surface area contributed by atoms with Gasteiger partial charge in [-0.15, -0.1) is 0 Å². The molecule has 0 fully saturated rings. The summed E-state index contributed by atoms with van der Waals surface area (Å²) in [6.07, 6.45) is 0. The topological polar surface area (TPSA) is 58.9 Å². The summed E-state index contributed by atoms with van der Waals surface area (Å²) in [5.74, 6) is 0.591. The second kappa shape index (κ2) is 5.00. The molecule has 1 aromatic carbocycles. The lowest BCUT2D eigenvalue weighted by Gasteiger charge is -2.09. The molecule has 0 unspecified atom stereocenters. The predicted molar refractivity (Wildman–Crippen MR) is 53.5 cm³/mol. The molecule has 0 aliphatic carbocycles. The lowest BCUT2D eigenvalue weighted by Crippen LogP contribution is -2.33. The van der Waals surface area contributed by atoms with E-state index in [0.29, 0.717) is 17.8 Å². The predicted octanol–water partition coefficient (Wildman–Crippen LogP) is -0.479. The van der Waals surface area contributed by atoms with Gasteiger partial charge >= 0.3 is 7.12 Å². The first-order valence-electron chi connectivity index (χ1n) is 4.21. The molecule has 0 saturated heterocycles. The number of ether oxygens (including phenoxy) is 2. The average molecular weight is 196 g/mol. The lowest BCUT2D eigenvalue weighted by molar-refractivity contribution is 0.185. The number of rotatable bonds is 4. The van der Waals surface area contributed by atoms with Crippen molar-refractivity contribution >= 4 is 12.6 Å². The normalized spacial score (nSPS) is 10.0. The van der Waals surface area contributed by atoms with Gasteiger partial charge in [0.1, 0.15) is 5.75 Å². The minimum Gasteiger partial charge on any atom is -0.497 e. The van der Waals surface area contributed by atoms with Crippen molar-refractivity contribution in [2.45, 2.75) is 6.61 Å². The largest absolute Gasteiger partial charge is 0.497 e. The van der Waals surface area contributed by atoms with Gasteiger partial charge in [-0.3, -0.25) is 0 Å². The highest BCUT2D eigenvalue weighted by Gasteiger charge is 2.16. The molecule has 0 aliphatic rings. The molecule has 0 aliphatic heterocycles. The van der Waals surface area contributed by atoms with Gasteiger partial charge in [-0.05, 0) is 23.2 Å². The van der Waals surface area contributed by atoms with Gasteiger partial charge in [0, 0.05) is 7.11 Å². The monoisotopic (exact) mass is 196 g/mol. The SMILES string of the molecule is COCc1ccc(OC)cc1B(O)O. The van der Waals surface area contributed by atoms with Crippen molar-refractivity contribution in [2.24, 2.45) is 0 Å². The summed E-state index contributed by atoms with van der Waals surface area (Å²) in [6.45, 7) is 0.344. The molecule has 0 saturated carbocycles. The van der Waals surface area contributed by atoms with E-state index in [9.17, 15) is 0 Å². The Bertz CT molecular complexity index is 301. The third-order valence-electron chi connectivity index (χ3n) is 1.93. The van der Waals surface area contributed by atoms with Crippen molar-refractivity contribution < 1.29 is 19.5 Å². The van der Waals surface area contributed by atoms with E-state index < -0.39 is 7.12 Å². The van der Waals surface area contributed by atoms with Gasteiger partial charge in [-0.1, -0.05) is 6.07 Å². The van der Waals surface area contributed by atoms with E-state index in [2.05, 4.69) is 0 Å². The van der Waals surface area contributed by atoms with Crippen LogP contribution in [0.15, 0.2) is 18.2 Å². The van der Waals surface area contributed by atoms with Crippen LogP contribution in [0.25, 0.3) is 0 Å². The van der Waals surface area contributed by atoms with Crippen molar-refractivity contribution in [3.8, 4) is 5.75 Å². The Hall–Kier alpha value is -1.04. The van der Waals surface area contributed by atoms with Gasteiger partial charge < -0.3 is 19.5 Å². The molecule has 0 aromatic heterocycles. The Kier molecular flexibility index (Phi) is 3.94. The van der Waals surface area contributed by atoms with Crippen LogP contribution >= 0.6 is 0 Å². The fourth-order valence-electron chi connectivity index (χ4n) is 1.23. The van der Waals surface area contributed by atoms with E-state index >= 15 is 0 Å². The van der Waals surface area contributed by atoms with Gasteiger partial charge in [-0.25, -0.2) is 0 Å². The zero-order valence-corrected chi connectivity index (χ0v) is 8.23. The van der Waals surface area contributed by atoms with Crippen LogP contribution in [0, 0.1) is 0 Å². The third-order valence-corrected chi connectivity index (χ3v) is 1.93. The fourth-order valence-corrected chi connectivity index (χ4v) is 1.23. The van der Waals surface area contributed by atoms with Crippen molar-refractivity contribution in [3.05, 3.63) is 23.8 Å². The molecule has 0 amide bonds. The highest BCUT2D eigenvalue weighted by Crippen LogP contribution is 2.10. The smallest absolute Gasteiger partial charge is 0.488 e. The van der Waals surface area contributed by atoms with Crippen LogP contribution in [0.1, 0.15) is 5.56 Å². The maximum absolute atomic E-state index is 9.10. The number of methoxy groups -OCH3 is 2. The van der Waals surface area contributed by atoms with Crippen LogP contribution in [0.4, 0.5) is 0 Å². The molecule has 0 radical (unpaired) electrons. The summed E-state index contributed by atoms with van der Waals surface area (Å²) in [7, 11) is 1.58. The van der Waals surface area contributed by atoms with Gasteiger partial charge in [0.05, 0.1) is 13.7 Å². The number of benzene rings is 1. The Morgan fingerprint density at radius 3 is 2.50 bits per heavy atom. The molecule has 1 rings (SSSR count). The maximum Gasteiger partial charge on any atom is 0.488 e.